The van der Waals surface area contributed by atoms with Crippen LogP contribution in [0.4, 0.5) is 14.5 Å². The Morgan fingerprint density at radius 3 is 2.33 bits per heavy atom. The van der Waals surface area contributed by atoms with Crippen molar-refractivity contribution in [3.63, 3.8) is 0 Å². The second kappa shape index (κ2) is 5.69. The highest BCUT2D eigenvalue weighted by atomic mass is 32.2. The number of methoxy groups -OCH3 is 1. The van der Waals surface area contributed by atoms with E-state index in [1.54, 1.807) is 6.92 Å². The van der Waals surface area contributed by atoms with Crippen molar-refractivity contribution in [1.29, 1.82) is 0 Å². The molecule has 0 aromatic heterocycles. The van der Waals surface area contributed by atoms with E-state index in [0.29, 0.717) is 5.56 Å². The summed E-state index contributed by atoms with van der Waals surface area (Å²) in [7, 11) is -2.82. The molecule has 1 N–H and O–H groups in total. The molecule has 4 nitrogen and oxygen atoms in total. The predicted octanol–water partition coefficient (Wildman–Crippen LogP) is 3.08. The van der Waals surface area contributed by atoms with Crippen LogP contribution in [0.3, 0.4) is 0 Å². The Hall–Kier alpha value is -2.15. The molecule has 0 fully saturated rings. The number of ether oxygens (including phenoxy) is 1. The summed E-state index contributed by atoms with van der Waals surface area (Å²) in [5, 5.41) is 0. The molecule has 0 bridgehead atoms. The van der Waals surface area contributed by atoms with Gasteiger partial charge in [-0.1, -0.05) is 6.07 Å². The Morgan fingerprint density at radius 2 is 1.67 bits per heavy atom. The van der Waals surface area contributed by atoms with E-state index in [2.05, 4.69) is 4.72 Å². The smallest absolute Gasteiger partial charge is 0.265 e. The quantitative estimate of drug-likeness (QED) is 0.944. The fourth-order valence-electron chi connectivity index (χ4n) is 1.76. The minimum atomic E-state index is -4.10. The third-order valence-electron chi connectivity index (χ3n) is 2.86. The van der Waals surface area contributed by atoms with Gasteiger partial charge in [-0.2, -0.15) is 0 Å². The predicted molar refractivity (Wildman–Crippen MR) is 74.9 cm³/mol. The molecule has 0 aliphatic carbocycles. The topological polar surface area (TPSA) is 55.4 Å². The van der Waals surface area contributed by atoms with Gasteiger partial charge in [0.25, 0.3) is 10.0 Å². The van der Waals surface area contributed by atoms with Crippen molar-refractivity contribution >= 4 is 15.7 Å². The molecular weight excluding hydrogens is 300 g/mol. The van der Waals surface area contributed by atoms with Crippen molar-refractivity contribution in [2.45, 2.75) is 11.8 Å². The number of halogens is 2. The third kappa shape index (κ3) is 3.30. The molecule has 0 aliphatic heterocycles. The van der Waals surface area contributed by atoms with Crippen molar-refractivity contribution in [3.05, 3.63) is 53.6 Å². The molecule has 0 saturated carbocycles. The first-order valence-electron chi connectivity index (χ1n) is 5.96. The summed E-state index contributed by atoms with van der Waals surface area (Å²) in [6.07, 6.45) is 0. The van der Waals surface area contributed by atoms with Crippen LogP contribution >= 0.6 is 0 Å². The van der Waals surface area contributed by atoms with Gasteiger partial charge in [0.15, 0.2) is 0 Å². The van der Waals surface area contributed by atoms with Gasteiger partial charge in [-0.3, -0.25) is 4.72 Å². The highest BCUT2D eigenvalue weighted by Gasteiger charge is 2.21. The van der Waals surface area contributed by atoms with E-state index in [0.717, 1.165) is 18.2 Å². The van der Waals surface area contributed by atoms with Crippen molar-refractivity contribution in [1.82, 2.24) is 0 Å². The van der Waals surface area contributed by atoms with Crippen LogP contribution in [-0.4, -0.2) is 15.5 Å². The molecule has 7 heteroatoms. The lowest BCUT2D eigenvalue weighted by Gasteiger charge is -2.13. The number of nitrogens with one attached hydrogen (secondary N) is 1. The largest absolute Gasteiger partial charge is 0.495 e. The molecule has 2 aromatic carbocycles. The SMILES string of the molecule is COc1ccc(F)cc1S(=O)(=O)Nc1cc(F)ccc1C. The average Bonchev–Trinajstić information content (AvgIpc) is 2.42. The average molecular weight is 313 g/mol. The Bertz CT molecular complexity index is 776. The van der Waals surface area contributed by atoms with E-state index in [4.69, 9.17) is 4.74 Å². The molecule has 0 radical (unpaired) electrons. The summed E-state index contributed by atoms with van der Waals surface area (Å²) in [4.78, 5) is -0.353. The lowest BCUT2D eigenvalue weighted by Crippen LogP contribution is -2.15. The van der Waals surface area contributed by atoms with E-state index in [1.165, 1.54) is 25.3 Å². The number of anilines is 1. The van der Waals surface area contributed by atoms with Crippen LogP contribution in [0, 0.1) is 18.6 Å². The van der Waals surface area contributed by atoms with Crippen molar-refractivity contribution < 1.29 is 21.9 Å². The zero-order chi connectivity index (χ0) is 15.6. The minimum Gasteiger partial charge on any atom is -0.495 e. The highest BCUT2D eigenvalue weighted by Crippen LogP contribution is 2.27. The molecule has 0 saturated heterocycles. The standard InChI is InChI=1S/C14H13F2NO3S/c1-9-3-4-10(15)7-12(9)17-21(18,19)14-8-11(16)5-6-13(14)20-2/h3-8,17H,1-2H3. The number of sulfonamides is 1. The molecule has 0 amide bonds. The number of benzene rings is 2. The monoisotopic (exact) mass is 313 g/mol. The lowest BCUT2D eigenvalue weighted by atomic mass is 10.2. The van der Waals surface area contributed by atoms with Crippen LogP contribution < -0.4 is 9.46 Å². The molecule has 0 atom stereocenters. The summed E-state index contributed by atoms with van der Waals surface area (Å²) in [6.45, 7) is 1.63. The maximum Gasteiger partial charge on any atom is 0.265 e. The molecule has 112 valence electrons. The van der Waals surface area contributed by atoms with Gasteiger partial charge in [0.2, 0.25) is 0 Å². The van der Waals surface area contributed by atoms with Crippen LogP contribution in [0.15, 0.2) is 41.3 Å². The van der Waals surface area contributed by atoms with Crippen molar-refractivity contribution in [2.24, 2.45) is 0 Å². The minimum absolute atomic E-state index is 0.00189. The molecule has 0 unspecified atom stereocenters. The van der Waals surface area contributed by atoms with E-state index >= 15 is 0 Å². The van der Waals surface area contributed by atoms with Gasteiger partial charge in [0.05, 0.1) is 12.8 Å². The zero-order valence-electron chi connectivity index (χ0n) is 11.4. The Labute approximate surface area is 121 Å². The van der Waals surface area contributed by atoms with Crippen molar-refractivity contribution in [3.8, 4) is 5.75 Å². The zero-order valence-corrected chi connectivity index (χ0v) is 12.2. The summed E-state index contributed by atoms with van der Waals surface area (Å²) in [5.74, 6) is -1.30. The fraction of sp³-hybridized carbons (Fsp3) is 0.143. The van der Waals surface area contributed by atoms with Crippen LogP contribution in [0.2, 0.25) is 0 Å². The van der Waals surface area contributed by atoms with E-state index < -0.39 is 21.7 Å². The van der Waals surface area contributed by atoms with E-state index in [1.807, 2.05) is 0 Å². The van der Waals surface area contributed by atoms with Crippen LogP contribution in [-0.2, 0) is 10.0 Å². The van der Waals surface area contributed by atoms with Gasteiger partial charge in [0, 0.05) is 0 Å². The van der Waals surface area contributed by atoms with Crippen LogP contribution in [0.5, 0.6) is 5.75 Å². The third-order valence-corrected chi connectivity index (χ3v) is 4.25. The normalized spacial score (nSPS) is 11.2. The van der Waals surface area contributed by atoms with Gasteiger partial charge in [0.1, 0.15) is 22.3 Å². The molecular formula is C14H13F2NO3S. The number of hydrogen-bond donors (Lipinski definition) is 1. The maximum atomic E-state index is 13.3. The maximum absolute atomic E-state index is 13.3. The first-order valence-corrected chi connectivity index (χ1v) is 7.44. The Balaban J connectivity index is 2.48. The van der Waals surface area contributed by atoms with Gasteiger partial charge < -0.3 is 4.74 Å². The Kier molecular flexibility index (Phi) is 4.13. The number of aryl methyl sites for hydroxylation is 1. The summed E-state index contributed by atoms with van der Waals surface area (Å²) >= 11 is 0. The van der Waals surface area contributed by atoms with E-state index in [9.17, 15) is 17.2 Å². The molecule has 2 aromatic rings. The fourth-order valence-corrected chi connectivity index (χ4v) is 3.07. The first-order chi connectivity index (χ1) is 9.83. The highest BCUT2D eigenvalue weighted by molar-refractivity contribution is 7.92. The Morgan fingerprint density at radius 1 is 1.05 bits per heavy atom. The van der Waals surface area contributed by atoms with E-state index in [-0.39, 0.29) is 16.3 Å². The first kappa shape index (κ1) is 15.2. The van der Waals surface area contributed by atoms with Crippen LogP contribution in [0.1, 0.15) is 5.56 Å². The molecule has 0 aliphatic rings. The van der Waals surface area contributed by atoms with Gasteiger partial charge in [-0.05, 0) is 42.8 Å². The van der Waals surface area contributed by atoms with Crippen molar-refractivity contribution in [2.75, 3.05) is 11.8 Å². The lowest BCUT2D eigenvalue weighted by molar-refractivity contribution is 0.401. The molecule has 2 rings (SSSR count). The van der Waals surface area contributed by atoms with Gasteiger partial charge in [-0.25, -0.2) is 17.2 Å². The van der Waals surface area contributed by atoms with Gasteiger partial charge in [-0.15, -0.1) is 0 Å². The summed E-state index contributed by atoms with van der Waals surface area (Å²) < 4.78 is 58.3. The van der Waals surface area contributed by atoms with Crippen LogP contribution in [0.25, 0.3) is 0 Å². The second-order valence-electron chi connectivity index (χ2n) is 4.36. The summed E-state index contributed by atoms with van der Waals surface area (Å²) in [5.41, 5.74) is 0.622. The van der Waals surface area contributed by atoms with Gasteiger partial charge >= 0.3 is 0 Å². The second-order valence-corrected chi connectivity index (χ2v) is 6.01. The summed E-state index contributed by atoms with van der Waals surface area (Å²) in [6, 6.07) is 6.86. The molecule has 0 spiro atoms. The number of rotatable bonds is 4. The molecule has 0 heterocycles. The molecule has 21 heavy (non-hydrogen) atoms. The number of hydrogen-bond acceptors (Lipinski definition) is 3.